The summed E-state index contributed by atoms with van der Waals surface area (Å²) in [6.07, 6.45) is 1.07. The third kappa shape index (κ3) is 7.48. The monoisotopic (exact) mass is 341 g/mol. The first-order valence-electron chi connectivity index (χ1n) is 7.56. The number of rotatable bonds is 9. The van der Waals surface area contributed by atoms with Crippen LogP contribution < -0.4 is 5.32 Å². The molecule has 0 saturated heterocycles. The molecule has 5 nitrogen and oxygen atoms in total. The van der Waals surface area contributed by atoms with Crippen LogP contribution in [0, 0.1) is 5.41 Å². The van der Waals surface area contributed by atoms with E-state index in [1.165, 1.54) is 0 Å². The average Bonchev–Trinajstić information content (AvgIpc) is 2.49. The van der Waals surface area contributed by atoms with Gasteiger partial charge in [-0.05, 0) is 44.9 Å². The fraction of sp³-hybridized carbons (Fsp3) is 0.529. The van der Waals surface area contributed by atoms with E-state index in [1.54, 1.807) is 32.9 Å². The Morgan fingerprint density at radius 3 is 2.48 bits per heavy atom. The van der Waals surface area contributed by atoms with E-state index in [4.69, 9.17) is 21.1 Å². The maximum atomic E-state index is 11.7. The van der Waals surface area contributed by atoms with E-state index in [-0.39, 0.29) is 25.3 Å². The number of benzene rings is 1. The second-order valence-electron chi connectivity index (χ2n) is 6.16. The highest BCUT2D eigenvalue weighted by Crippen LogP contribution is 2.23. The normalized spacial score (nSPS) is 12.5. The highest BCUT2D eigenvalue weighted by Gasteiger charge is 2.23. The van der Waals surface area contributed by atoms with Gasteiger partial charge in [-0.2, -0.15) is 0 Å². The standard InChI is InChI=1S/C17H24ClNO4/c1-17(2,3)16(21)23-11-10-22-15(8-9-19-12-20)13-4-6-14(18)7-5-13/h4-7,12,15H,8-11H2,1-3H3,(H,19,20). The van der Waals surface area contributed by atoms with Crippen LogP contribution in [0.1, 0.15) is 38.9 Å². The summed E-state index contributed by atoms with van der Waals surface area (Å²) in [6.45, 7) is 6.39. The van der Waals surface area contributed by atoms with Crippen molar-refractivity contribution in [2.75, 3.05) is 19.8 Å². The Balaban J connectivity index is 2.51. The number of amides is 1. The molecule has 1 atom stereocenters. The van der Waals surface area contributed by atoms with Gasteiger partial charge in [0.25, 0.3) is 0 Å². The second kappa shape index (κ2) is 9.53. The fourth-order valence-corrected chi connectivity index (χ4v) is 1.96. The maximum Gasteiger partial charge on any atom is 0.311 e. The van der Waals surface area contributed by atoms with E-state index in [0.717, 1.165) is 5.56 Å². The largest absolute Gasteiger partial charge is 0.463 e. The van der Waals surface area contributed by atoms with Crippen LogP contribution in [0.25, 0.3) is 0 Å². The first kappa shape index (κ1) is 19.5. The van der Waals surface area contributed by atoms with Gasteiger partial charge in [-0.1, -0.05) is 23.7 Å². The number of esters is 1. The molecule has 1 amide bonds. The van der Waals surface area contributed by atoms with E-state index in [2.05, 4.69) is 5.32 Å². The predicted molar refractivity (Wildman–Crippen MR) is 89.2 cm³/mol. The van der Waals surface area contributed by atoms with Crippen molar-refractivity contribution in [2.24, 2.45) is 5.41 Å². The summed E-state index contributed by atoms with van der Waals surface area (Å²) in [4.78, 5) is 22.1. The zero-order valence-electron chi connectivity index (χ0n) is 13.8. The first-order valence-corrected chi connectivity index (χ1v) is 7.93. The molecule has 23 heavy (non-hydrogen) atoms. The quantitative estimate of drug-likeness (QED) is 0.426. The van der Waals surface area contributed by atoms with Crippen molar-refractivity contribution in [1.82, 2.24) is 5.32 Å². The van der Waals surface area contributed by atoms with Crippen molar-refractivity contribution in [2.45, 2.75) is 33.3 Å². The number of carbonyl (C=O) groups excluding carboxylic acids is 2. The Labute approximate surface area is 142 Å². The lowest BCUT2D eigenvalue weighted by atomic mass is 9.97. The van der Waals surface area contributed by atoms with E-state index < -0.39 is 5.41 Å². The van der Waals surface area contributed by atoms with Gasteiger partial charge in [0.15, 0.2) is 0 Å². The Hall–Kier alpha value is -1.59. The molecule has 1 unspecified atom stereocenters. The van der Waals surface area contributed by atoms with E-state index in [9.17, 15) is 9.59 Å². The highest BCUT2D eigenvalue weighted by molar-refractivity contribution is 6.30. The third-order valence-corrected chi connectivity index (χ3v) is 3.38. The smallest absolute Gasteiger partial charge is 0.311 e. The number of carbonyl (C=O) groups is 2. The van der Waals surface area contributed by atoms with E-state index in [0.29, 0.717) is 24.4 Å². The van der Waals surface area contributed by atoms with Gasteiger partial charge in [0.1, 0.15) is 6.61 Å². The molecule has 1 aromatic carbocycles. The lowest BCUT2D eigenvalue weighted by Gasteiger charge is -2.20. The molecule has 1 aromatic rings. The van der Waals surface area contributed by atoms with Crippen molar-refractivity contribution in [3.8, 4) is 0 Å². The molecule has 128 valence electrons. The molecule has 0 spiro atoms. The van der Waals surface area contributed by atoms with Crippen LogP contribution in [0.4, 0.5) is 0 Å². The molecule has 0 radical (unpaired) electrons. The van der Waals surface area contributed by atoms with Crippen LogP contribution in [0.5, 0.6) is 0 Å². The van der Waals surface area contributed by atoms with Crippen LogP contribution in [0.15, 0.2) is 24.3 Å². The molecule has 0 heterocycles. The van der Waals surface area contributed by atoms with Crippen molar-refractivity contribution in [1.29, 1.82) is 0 Å². The van der Waals surface area contributed by atoms with Gasteiger partial charge in [-0.25, -0.2) is 0 Å². The van der Waals surface area contributed by atoms with Gasteiger partial charge >= 0.3 is 5.97 Å². The molecule has 0 aliphatic rings. The maximum absolute atomic E-state index is 11.7. The van der Waals surface area contributed by atoms with Crippen LogP contribution in [0.3, 0.4) is 0 Å². The molecule has 0 fully saturated rings. The lowest BCUT2D eigenvalue weighted by Crippen LogP contribution is -2.25. The lowest BCUT2D eigenvalue weighted by molar-refractivity contribution is -0.155. The number of hydrogen-bond acceptors (Lipinski definition) is 4. The Bertz CT molecular complexity index is 496. The molecule has 1 N–H and O–H groups in total. The number of halogens is 1. The van der Waals surface area contributed by atoms with Crippen molar-refractivity contribution in [3.63, 3.8) is 0 Å². The molecule has 0 saturated carbocycles. The Morgan fingerprint density at radius 1 is 1.26 bits per heavy atom. The zero-order valence-corrected chi connectivity index (χ0v) is 14.6. The molecule has 6 heteroatoms. The fourth-order valence-electron chi connectivity index (χ4n) is 1.84. The van der Waals surface area contributed by atoms with E-state index in [1.807, 2.05) is 12.1 Å². The van der Waals surface area contributed by atoms with Gasteiger partial charge in [-0.3, -0.25) is 9.59 Å². The Morgan fingerprint density at radius 2 is 1.91 bits per heavy atom. The zero-order chi connectivity index (χ0) is 17.3. The Kier molecular flexibility index (Phi) is 8.06. The third-order valence-electron chi connectivity index (χ3n) is 3.12. The SMILES string of the molecule is CC(C)(C)C(=O)OCCOC(CCNC=O)c1ccc(Cl)cc1. The molecule has 0 aliphatic carbocycles. The highest BCUT2D eigenvalue weighted by atomic mass is 35.5. The van der Waals surface area contributed by atoms with Gasteiger partial charge < -0.3 is 14.8 Å². The van der Waals surface area contributed by atoms with Crippen LogP contribution in [0.2, 0.25) is 5.02 Å². The summed E-state index contributed by atoms with van der Waals surface area (Å²) in [5.41, 5.74) is 0.438. The van der Waals surface area contributed by atoms with E-state index >= 15 is 0 Å². The molecule has 0 aromatic heterocycles. The minimum absolute atomic E-state index is 0.196. The summed E-state index contributed by atoms with van der Waals surface area (Å²) < 4.78 is 11.0. The summed E-state index contributed by atoms with van der Waals surface area (Å²) >= 11 is 5.89. The second-order valence-corrected chi connectivity index (χ2v) is 6.59. The van der Waals surface area contributed by atoms with Gasteiger partial charge in [0.2, 0.25) is 6.41 Å². The molecule has 1 rings (SSSR count). The van der Waals surface area contributed by atoms with Crippen LogP contribution >= 0.6 is 11.6 Å². The summed E-state index contributed by atoms with van der Waals surface area (Å²) in [5, 5.41) is 3.27. The minimum Gasteiger partial charge on any atom is -0.463 e. The molecular weight excluding hydrogens is 318 g/mol. The van der Waals surface area contributed by atoms with Crippen molar-refractivity contribution in [3.05, 3.63) is 34.9 Å². The van der Waals surface area contributed by atoms with Crippen molar-refractivity contribution >= 4 is 24.0 Å². The molecular formula is C17H24ClNO4. The van der Waals surface area contributed by atoms with Gasteiger partial charge in [0.05, 0.1) is 18.1 Å². The predicted octanol–water partition coefficient (Wildman–Crippen LogP) is 3.12. The van der Waals surface area contributed by atoms with Crippen LogP contribution in [-0.2, 0) is 19.1 Å². The van der Waals surface area contributed by atoms with Gasteiger partial charge in [0, 0.05) is 11.6 Å². The number of nitrogens with one attached hydrogen (secondary N) is 1. The summed E-state index contributed by atoms with van der Waals surface area (Å²) in [5.74, 6) is -0.258. The number of ether oxygens (including phenoxy) is 2. The van der Waals surface area contributed by atoms with Crippen molar-refractivity contribution < 1.29 is 19.1 Å². The summed E-state index contributed by atoms with van der Waals surface area (Å²) in [7, 11) is 0. The molecule has 0 bridgehead atoms. The van der Waals surface area contributed by atoms with Gasteiger partial charge in [-0.15, -0.1) is 0 Å². The molecule has 0 aliphatic heterocycles. The number of hydrogen-bond donors (Lipinski definition) is 1. The van der Waals surface area contributed by atoms with Crippen LogP contribution in [-0.4, -0.2) is 32.1 Å². The average molecular weight is 342 g/mol. The topological polar surface area (TPSA) is 64.6 Å². The first-order chi connectivity index (χ1) is 10.8. The minimum atomic E-state index is -0.524. The summed E-state index contributed by atoms with van der Waals surface area (Å²) in [6, 6.07) is 7.35.